The average molecular weight is 309 g/mol. The number of fused-ring (bicyclic) bond motifs is 1. The molecule has 0 bridgehead atoms. The van der Waals surface area contributed by atoms with Crippen molar-refractivity contribution < 1.29 is 14.3 Å². The zero-order valence-corrected chi connectivity index (χ0v) is 12.5. The Kier molecular flexibility index (Phi) is 3.42. The Hall–Kier alpha value is -1.93. The quantitative estimate of drug-likeness (QED) is 0.532. The largest absolute Gasteiger partial charge is 0.618 e. The van der Waals surface area contributed by atoms with Gasteiger partial charge in [0.05, 0.1) is 12.2 Å². The van der Waals surface area contributed by atoms with Crippen LogP contribution in [0.4, 0.5) is 4.79 Å². The monoisotopic (exact) mass is 309 g/mol. The molecule has 3 heterocycles. The second-order valence-corrected chi connectivity index (χ2v) is 6.12. The summed E-state index contributed by atoms with van der Waals surface area (Å²) in [5, 5.41) is 11.9. The zero-order chi connectivity index (χ0) is 15.1. The first-order valence-corrected chi connectivity index (χ1v) is 7.43. The van der Waals surface area contributed by atoms with Gasteiger partial charge < -0.3 is 14.8 Å². The molecule has 0 unspecified atom stereocenters. The minimum absolute atomic E-state index is 0.0766. The summed E-state index contributed by atoms with van der Waals surface area (Å²) in [5.41, 5.74) is -0.447. The molecule has 1 aliphatic heterocycles. The van der Waals surface area contributed by atoms with E-state index in [0.717, 1.165) is 15.5 Å². The Morgan fingerprint density at radius 2 is 2.10 bits per heavy atom. The molecule has 7 nitrogen and oxygen atoms in total. The molecule has 0 aliphatic carbocycles. The summed E-state index contributed by atoms with van der Waals surface area (Å²) in [4.78, 5) is 26.6. The Balaban J connectivity index is 2.00. The molecule has 1 saturated heterocycles. The van der Waals surface area contributed by atoms with Crippen LogP contribution < -0.4 is 10.3 Å². The van der Waals surface area contributed by atoms with Crippen LogP contribution in [0.5, 0.6) is 0 Å². The molecule has 0 aromatic carbocycles. The normalized spacial score (nSPS) is 22.7. The van der Waals surface area contributed by atoms with Gasteiger partial charge in [-0.25, -0.2) is 4.79 Å². The van der Waals surface area contributed by atoms with Gasteiger partial charge in [0.1, 0.15) is 5.39 Å². The van der Waals surface area contributed by atoms with E-state index in [1.165, 1.54) is 12.3 Å². The third-order valence-corrected chi connectivity index (χ3v) is 4.45. The van der Waals surface area contributed by atoms with Gasteiger partial charge in [-0.15, -0.1) is 0 Å². The molecule has 0 radical (unpaired) electrons. The van der Waals surface area contributed by atoms with Gasteiger partial charge in [0.25, 0.3) is 5.56 Å². The average Bonchev–Trinajstić information content (AvgIpc) is 2.76. The summed E-state index contributed by atoms with van der Waals surface area (Å²) >= 11 is 0.877. The molecule has 1 amide bonds. The van der Waals surface area contributed by atoms with E-state index >= 15 is 0 Å². The number of hydrogen-bond acceptors (Lipinski definition) is 5. The summed E-state index contributed by atoms with van der Waals surface area (Å²) in [7, 11) is 0. The van der Waals surface area contributed by atoms with E-state index in [9.17, 15) is 14.8 Å². The molecule has 0 saturated carbocycles. The lowest BCUT2D eigenvalue weighted by atomic mass is 10.2. The number of carbonyl (C=O) groups is 1. The Labute approximate surface area is 124 Å². The molecule has 2 aromatic heterocycles. The molecule has 1 aliphatic rings. The van der Waals surface area contributed by atoms with Crippen molar-refractivity contribution in [3.63, 3.8) is 0 Å². The molecule has 0 N–H and O–H groups in total. The summed E-state index contributed by atoms with van der Waals surface area (Å²) in [6, 6.07) is 2.65. The third-order valence-electron chi connectivity index (χ3n) is 3.37. The smallest absolute Gasteiger partial charge is 0.341 e. The minimum atomic E-state index is -0.447. The lowest BCUT2D eigenvalue weighted by molar-refractivity contribution is -0.574. The van der Waals surface area contributed by atoms with Crippen molar-refractivity contribution in [1.82, 2.24) is 8.86 Å². The van der Waals surface area contributed by atoms with E-state index in [2.05, 4.69) is 0 Å². The van der Waals surface area contributed by atoms with Crippen LogP contribution in [-0.2, 0) is 4.74 Å². The second-order valence-electron chi connectivity index (χ2n) is 5.19. The molecule has 8 heteroatoms. The predicted molar refractivity (Wildman–Crippen MR) is 77.4 cm³/mol. The second kappa shape index (κ2) is 5.12. The van der Waals surface area contributed by atoms with Crippen LogP contribution in [0.2, 0.25) is 0 Å². The first-order valence-electron chi connectivity index (χ1n) is 6.66. The van der Waals surface area contributed by atoms with Crippen molar-refractivity contribution in [2.24, 2.45) is 0 Å². The first-order chi connectivity index (χ1) is 9.97. The molecule has 0 spiro atoms. The van der Waals surface area contributed by atoms with Crippen LogP contribution in [0.25, 0.3) is 10.2 Å². The Morgan fingerprint density at radius 3 is 2.71 bits per heavy atom. The van der Waals surface area contributed by atoms with E-state index in [1.807, 2.05) is 13.8 Å². The Morgan fingerprint density at radius 1 is 1.43 bits per heavy atom. The number of aromatic nitrogens is 2. The van der Waals surface area contributed by atoms with Crippen LogP contribution in [0.3, 0.4) is 0 Å². The van der Waals surface area contributed by atoms with Crippen molar-refractivity contribution >= 4 is 27.8 Å². The first kappa shape index (κ1) is 14.0. The van der Waals surface area contributed by atoms with Gasteiger partial charge >= 0.3 is 10.9 Å². The Bertz CT molecular complexity index is 743. The van der Waals surface area contributed by atoms with E-state index in [0.29, 0.717) is 17.8 Å². The van der Waals surface area contributed by atoms with Gasteiger partial charge in [0, 0.05) is 30.7 Å². The van der Waals surface area contributed by atoms with Crippen molar-refractivity contribution in [1.29, 1.82) is 0 Å². The summed E-state index contributed by atoms with van der Waals surface area (Å²) in [6.07, 6.45) is 1.16. The molecule has 21 heavy (non-hydrogen) atoms. The van der Waals surface area contributed by atoms with Gasteiger partial charge in [-0.05, 0) is 19.9 Å². The number of pyridine rings is 1. The van der Waals surface area contributed by atoms with Crippen LogP contribution in [0, 0.1) is 5.21 Å². The predicted octanol–water partition coefficient (Wildman–Crippen LogP) is 0.774. The van der Waals surface area contributed by atoms with Crippen LogP contribution >= 0.6 is 11.5 Å². The number of nitrogens with zero attached hydrogens (tertiary/aromatic N) is 3. The highest BCUT2D eigenvalue weighted by Gasteiger charge is 2.29. The summed E-state index contributed by atoms with van der Waals surface area (Å²) in [5.74, 6) is 0. The van der Waals surface area contributed by atoms with E-state index in [1.54, 1.807) is 11.0 Å². The van der Waals surface area contributed by atoms with Gasteiger partial charge in [0.2, 0.25) is 0 Å². The minimum Gasteiger partial charge on any atom is -0.618 e. The van der Waals surface area contributed by atoms with E-state index < -0.39 is 11.6 Å². The lowest BCUT2D eigenvalue weighted by Gasteiger charge is -2.34. The highest BCUT2D eigenvalue weighted by molar-refractivity contribution is 7.13. The van der Waals surface area contributed by atoms with Crippen molar-refractivity contribution in [3.05, 3.63) is 33.9 Å². The SMILES string of the molecule is C[C@@H]1CN(C(=O)n2sc3c(ccc[n+]3[O-])c2=O)C[C@H](C)O1. The lowest BCUT2D eigenvalue weighted by Crippen LogP contribution is -2.50. The fourth-order valence-electron chi connectivity index (χ4n) is 2.55. The van der Waals surface area contributed by atoms with Crippen LogP contribution in [-0.4, -0.2) is 40.2 Å². The fourth-order valence-corrected chi connectivity index (χ4v) is 3.50. The third kappa shape index (κ3) is 2.40. The summed E-state index contributed by atoms with van der Waals surface area (Å²) < 4.78 is 7.23. The standard InChI is InChI=1S/C13H15N3O4S/c1-8-6-14(7-9(2)20-8)13(18)16-11(17)10-4-3-5-15(19)12(10)21-16/h3-5,8-9H,6-7H2,1-2H3/t8-,9+. The molecular weight excluding hydrogens is 294 g/mol. The van der Waals surface area contributed by atoms with Crippen molar-refractivity contribution in [2.75, 3.05) is 13.1 Å². The van der Waals surface area contributed by atoms with Crippen molar-refractivity contribution in [3.8, 4) is 0 Å². The molecular formula is C13H15N3O4S. The molecule has 3 rings (SSSR count). The fraction of sp³-hybridized carbons (Fsp3) is 0.462. The number of carbonyl (C=O) groups excluding carboxylic acids is 1. The van der Waals surface area contributed by atoms with Gasteiger partial charge in [-0.3, -0.25) is 4.79 Å². The maximum atomic E-state index is 12.5. The van der Waals surface area contributed by atoms with Crippen LogP contribution in [0.1, 0.15) is 13.8 Å². The van der Waals surface area contributed by atoms with Crippen molar-refractivity contribution in [2.45, 2.75) is 26.1 Å². The highest BCUT2D eigenvalue weighted by Crippen LogP contribution is 2.16. The topological polar surface area (TPSA) is 78.5 Å². The number of morpholine rings is 1. The highest BCUT2D eigenvalue weighted by atomic mass is 32.1. The van der Waals surface area contributed by atoms with Gasteiger partial charge in [-0.1, -0.05) is 0 Å². The number of amides is 1. The maximum absolute atomic E-state index is 12.5. The van der Waals surface area contributed by atoms with Crippen LogP contribution in [0.15, 0.2) is 23.1 Å². The molecule has 1 fully saturated rings. The van der Waals surface area contributed by atoms with Gasteiger partial charge in [-0.2, -0.15) is 8.69 Å². The van der Waals surface area contributed by atoms with Gasteiger partial charge in [0.15, 0.2) is 6.20 Å². The number of hydrogen-bond donors (Lipinski definition) is 0. The zero-order valence-electron chi connectivity index (χ0n) is 11.7. The maximum Gasteiger partial charge on any atom is 0.341 e. The van der Waals surface area contributed by atoms with E-state index in [4.69, 9.17) is 4.74 Å². The number of ether oxygens (including phenoxy) is 1. The molecule has 2 aromatic rings. The van der Waals surface area contributed by atoms with E-state index in [-0.39, 0.29) is 22.4 Å². The molecule has 2 atom stereocenters. The summed E-state index contributed by atoms with van der Waals surface area (Å²) in [6.45, 7) is 4.63. The molecule has 112 valence electrons. The number of rotatable bonds is 0.